The average Bonchev–Trinajstić information content (AvgIpc) is 3.55. The van der Waals surface area contributed by atoms with Crippen molar-refractivity contribution in [1.29, 1.82) is 0 Å². The number of carbonyl (C=O) groups excluding carboxylic acids is 2. The molecule has 11 nitrogen and oxygen atoms in total. The van der Waals surface area contributed by atoms with Gasteiger partial charge >= 0.3 is 0 Å². The Morgan fingerprint density at radius 3 is 2.76 bits per heavy atom. The van der Waals surface area contributed by atoms with Crippen molar-refractivity contribution in [2.24, 2.45) is 5.92 Å². The Labute approximate surface area is 221 Å². The Kier molecular flexibility index (Phi) is 6.84. The first-order valence-corrected chi connectivity index (χ1v) is 13.3. The van der Waals surface area contributed by atoms with Crippen molar-refractivity contribution in [1.82, 2.24) is 29.4 Å². The lowest BCUT2D eigenvalue weighted by Gasteiger charge is -2.35. The summed E-state index contributed by atoms with van der Waals surface area (Å²) < 4.78 is 12.9. The summed E-state index contributed by atoms with van der Waals surface area (Å²) in [4.78, 5) is 40.5. The summed E-state index contributed by atoms with van der Waals surface area (Å²) in [6, 6.07) is 5.86. The highest BCUT2D eigenvalue weighted by Gasteiger charge is 2.33. The van der Waals surface area contributed by atoms with Crippen molar-refractivity contribution < 1.29 is 19.1 Å². The second kappa shape index (κ2) is 10.6. The van der Waals surface area contributed by atoms with Gasteiger partial charge < -0.3 is 24.2 Å². The molecule has 11 heteroatoms. The highest BCUT2D eigenvalue weighted by molar-refractivity contribution is 5.82. The summed E-state index contributed by atoms with van der Waals surface area (Å²) in [6.45, 7) is 4.41. The van der Waals surface area contributed by atoms with Crippen LogP contribution in [0.25, 0.3) is 16.8 Å². The molecular formula is C27H33N7O4. The van der Waals surface area contributed by atoms with Crippen LogP contribution >= 0.6 is 0 Å². The molecule has 6 rings (SSSR count). The number of rotatable bonds is 9. The van der Waals surface area contributed by atoms with E-state index in [1.54, 1.807) is 22.7 Å². The van der Waals surface area contributed by atoms with Crippen molar-refractivity contribution >= 4 is 23.3 Å². The van der Waals surface area contributed by atoms with Gasteiger partial charge in [-0.15, -0.1) is 0 Å². The Bertz CT molecular complexity index is 1320. The monoisotopic (exact) mass is 519 g/mol. The Hall–Kier alpha value is -3.73. The summed E-state index contributed by atoms with van der Waals surface area (Å²) in [5.41, 5.74) is 2.52. The number of methoxy groups -OCH3 is 1. The molecule has 2 amide bonds. The fourth-order valence-corrected chi connectivity index (χ4v) is 5.23. The van der Waals surface area contributed by atoms with Gasteiger partial charge in [-0.3, -0.25) is 9.59 Å². The van der Waals surface area contributed by atoms with Crippen LogP contribution in [0.2, 0.25) is 0 Å². The quantitative estimate of drug-likeness (QED) is 0.422. The first-order chi connectivity index (χ1) is 18.6. The summed E-state index contributed by atoms with van der Waals surface area (Å²) in [6.07, 6.45) is 8.70. The van der Waals surface area contributed by atoms with Gasteiger partial charge in [0, 0.05) is 77.2 Å². The molecule has 2 aliphatic heterocycles. The minimum absolute atomic E-state index is 0.0792. The number of piperazine rings is 1. The molecule has 3 fully saturated rings. The molecule has 0 bridgehead atoms. The minimum Gasteiger partial charge on any atom is -0.474 e. The van der Waals surface area contributed by atoms with E-state index < -0.39 is 0 Å². The third-order valence-corrected chi connectivity index (χ3v) is 7.50. The van der Waals surface area contributed by atoms with Crippen LogP contribution in [0, 0.1) is 5.92 Å². The number of nitrogens with zero attached hydrogens (tertiary/aromatic N) is 7. The molecule has 2 saturated heterocycles. The molecule has 3 aliphatic rings. The summed E-state index contributed by atoms with van der Waals surface area (Å²) in [5.74, 6) is 1.79. The van der Waals surface area contributed by atoms with Crippen molar-refractivity contribution in [2.45, 2.75) is 31.8 Å². The Morgan fingerprint density at radius 2 is 1.97 bits per heavy atom. The predicted molar refractivity (Wildman–Crippen MR) is 140 cm³/mol. The standard InChI is InChI=1S/C27H33N7O4/c1-37-14-13-33-18-19(16-25(33)36)15-24(35)32-11-9-31(10-12-32)23-6-8-34-26(30-23)22(17-29-34)21-3-2-7-28-27(21)38-20-4-5-20/h2-3,6-8,17,19-20H,4-5,9-16,18H2,1H3/t19-/m0/s1. The number of hydrogen-bond acceptors (Lipinski definition) is 8. The number of anilines is 1. The molecule has 1 atom stereocenters. The normalized spacial score (nSPS) is 20.0. The van der Waals surface area contributed by atoms with Crippen molar-refractivity contribution in [2.75, 3.05) is 57.9 Å². The maximum atomic E-state index is 13.0. The second-order valence-electron chi connectivity index (χ2n) is 10.3. The molecule has 3 aromatic rings. The molecule has 0 radical (unpaired) electrons. The smallest absolute Gasteiger partial charge is 0.223 e. The van der Waals surface area contributed by atoms with E-state index in [-0.39, 0.29) is 23.8 Å². The average molecular weight is 520 g/mol. The maximum absolute atomic E-state index is 13.0. The first-order valence-electron chi connectivity index (χ1n) is 13.3. The van der Waals surface area contributed by atoms with E-state index in [1.165, 1.54) is 0 Å². The van der Waals surface area contributed by atoms with Crippen LogP contribution in [-0.2, 0) is 14.3 Å². The van der Waals surface area contributed by atoms with Crippen LogP contribution < -0.4 is 9.64 Å². The van der Waals surface area contributed by atoms with Crippen LogP contribution in [0.15, 0.2) is 36.8 Å². The molecule has 1 saturated carbocycles. The van der Waals surface area contributed by atoms with Gasteiger partial charge in [-0.1, -0.05) is 0 Å². The van der Waals surface area contributed by atoms with Gasteiger partial charge in [-0.05, 0) is 37.0 Å². The lowest BCUT2D eigenvalue weighted by Crippen LogP contribution is -2.49. The Balaban J connectivity index is 1.10. The number of amides is 2. The number of hydrogen-bond donors (Lipinski definition) is 0. The molecule has 200 valence electrons. The third kappa shape index (κ3) is 5.15. The van der Waals surface area contributed by atoms with Gasteiger partial charge in [0.25, 0.3) is 0 Å². The largest absolute Gasteiger partial charge is 0.474 e. The summed E-state index contributed by atoms with van der Waals surface area (Å²) in [7, 11) is 1.63. The van der Waals surface area contributed by atoms with E-state index in [0.717, 1.165) is 35.4 Å². The zero-order valence-corrected chi connectivity index (χ0v) is 21.7. The van der Waals surface area contributed by atoms with Gasteiger partial charge in [-0.25, -0.2) is 14.5 Å². The van der Waals surface area contributed by atoms with E-state index in [9.17, 15) is 9.59 Å². The number of fused-ring (bicyclic) bond motifs is 1. The first kappa shape index (κ1) is 24.6. The third-order valence-electron chi connectivity index (χ3n) is 7.50. The van der Waals surface area contributed by atoms with Crippen LogP contribution in [-0.4, -0.2) is 100 Å². The minimum atomic E-state index is 0.0792. The topological polar surface area (TPSA) is 105 Å². The zero-order chi connectivity index (χ0) is 26.1. The van der Waals surface area contributed by atoms with Crippen molar-refractivity contribution in [3.63, 3.8) is 0 Å². The molecule has 38 heavy (non-hydrogen) atoms. The fourth-order valence-electron chi connectivity index (χ4n) is 5.23. The maximum Gasteiger partial charge on any atom is 0.223 e. The predicted octanol–water partition coefficient (Wildman–Crippen LogP) is 1.87. The molecule has 0 spiro atoms. The van der Waals surface area contributed by atoms with Gasteiger partial charge in [0.2, 0.25) is 17.7 Å². The van der Waals surface area contributed by atoms with E-state index in [2.05, 4.69) is 15.0 Å². The molecule has 3 aromatic heterocycles. The number of likely N-dealkylation sites (tertiary alicyclic amines) is 1. The van der Waals surface area contributed by atoms with E-state index in [4.69, 9.17) is 14.5 Å². The van der Waals surface area contributed by atoms with Crippen LogP contribution in [0.4, 0.5) is 5.82 Å². The van der Waals surface area contributed by atoms with Gasteiger partial charge in [-0.2, -0.15) is 5.10 Å². The lowest BCUT2D eigenvalue weighted by molar-refractivity contribution is -0.132. The number of ether oxygens (including phenoxy) is 2. The number of carbonyl (C=O) groups is 2. The lowest BCUT2D eigenvalue weighted by atomic mass is 10.0. The van der Waals surface area contributed by atoms with Gasteiger partial charge in [0.05, 0.1) is 18.4 Å². The fraction of sp³-hybridized carbons (Fsp3) is 0.519. The van der Waals surface area contributed by atoms with Crippen molar-refractivity contribution in [3.8, 4) is 17.0 Å². The highest BCUT2D eigenvalue weighted by Crippen LogP contribution is 2.35. The molecule has 5 heterocycles. The van der Waals surface area contributed by atoms with Gasteiger partial charge in [0.15, 0.2) is 5.65 Å². The SMILES string of the molecule is COCCN1C[C@@H](CC(=O)N2CCN(c3ccn4ncc(-c5cccnc5OC5CC5)c4n3)CC2)CC1=O. The second-order valence-corrected chi connectivity index (χ2v) is 10.3. The molecule has 0 unspecified atom stereocenters. The van der Waals surface area contributed by atoms with Crippen LogP contribution in [0.3, 0.4) is 0 Å². The highest BCUT2D eigenvalue weighted by atomic mass is 16.5. The molecule has 0 aromatic carbocycles. The van der Waals surface area contributed by atoms with E-state index >= 15 is 0 Å². The summed E-state index contributed by atoms with van der Waals surface area (Å²) in [5, 5.41) is 4.49. The molecule has 0 N–H and O–H groups in total. The van der Waals surface area contributed by atoms with Gasteiger partial charge in [0.1, 0.15) is 11.9 Å². The Morgan fingerprint density at radius 1 is 1.13 bits per heavy atom. The summed E-state index contributed by atoms with van der Waals surface area (Å²) >= 11 is 0. The number of pyridine rings is 1. The van der Waals surface area contributed by atoms with E-state index in [1.807, 2.05) is 35.5 Å². The van der Waals surface area contributed by atoms with Crippen molar-refractivity contribution in [3.05, 3.63) is 36.8 Å². The molecule has 1 aliphatic carbocycles. The van der Waals surface area contributed by atoms with E-state index in [0.29, 0.717) is 64.6 Å². The number of aromatic nitrogens is 4. The molecular weight excluding hydrogens is 486 g/mol. The van der Waals surface area contributed by atoms with Crippen LogP contribution in [0.5, 0.6) is 5.88 Å². The van der Waals surface area contributed by atoms with Crippen LogP contribution in [0.1, 0.15) is 25.7 Å². The zero-order valence-electron chi connectivity index (χ0n) is 21.7.